The first-order valence-corrected chi connectivity index (χ1v) is 9.02. The number of thiazole rings is 1. The van der Waals surface area contributed by atoms with Crippen LogP contribution in [0.4, 0.5) is 0 Å². The van der Waals surface area contributed by atoms with E-state index in [1.807, 2.05) is 24.3 Å². The molecular formula is C17H15NO2S3. The van der Waals surface area contributed by atoms with E-state index in [1.54, 1.807) is 36.9 Å². The van der Waals surface area contributed by atoms with Crippen molar-refractivity contribution in [1.82, 2.24) is 4.98 Å². The second kappa shape index (κ2) is 6.78. The number of ether oxygens (including phenoxy) is 2. The highest BCUT2D eigenvalue weighted by atomic mass is 32.1. The fourth-order valence-corrected chi connectivity index (χ4v) is 4.29. The van der Waals surface area contributed by atoms with E-state index < -0.39 is 0 Å². The highest BCUT2D eigenvalue weighted by Gasteiger charge is 2.17. The molecule has 1 aromatic carbocycles. The molecule has 3 nitrogen and oxygen atoms in total. The van der Waals surface area contributed by atoms with Crippen LogP contribution >= 0.6 is 34.9 Å². The second-order valence-electron chi connectivity index (χ2n) is 4.86. The van der Waals surface area contributed by atoms with Crippen LogP contribution in [0.3, 0.4) is 0 Å². The Labute approximate surface area is 148 Å². The van der Waals surface area contributed by atoms with E-state index in [0.717, 1.165) is 32.5 Å². The zero-order valence-electron chi connectivity index (χ0n) is 13.0. The minimum Gasteiger partial charge on any atom is -0.497 e. The number of thiocarbonyl (C=S) groups is 1. The van der Waals surface area contributed by atoms with Crippen molar-refractivity contribution in [2.24, 2.45) is 0 Å². The van der Waals surface area contributed by atoms with Crippen molar-refractivity contribution in [2.45, 2.75) is 6.92 Å². The van der Waals surface area contributed by atoms with Crippen LogP contribution in [0.15, 0.2) is 35.7 Å². The third-order valence-corrected chi connectivity index (χ3v) is 5.77. The molecule has 23 heavy (non-hydrogen) atoms. The van der Waals surface area contributed by atoms with Crippen molar-refractivity contribution >= 4 is 39.9 Å². The molecule has 2 aromatic heterocycles. The van der Waals surface area contributed by atoms with E-state index in [9.17, 15) is 0 Å². The lowest BCUT2D eigenvalue weighted by molar-refractivity contribution is 0.415. The molecule has 0 unspecified atom stereocenters. The van der Waals surface area contributed by atoms with Crippen LogP contribution < -0.4 is 4.74 Å². The molecule has 118 valence electrons. The van der Waals surface area contributed by atoms with Crippen molar-refractivity contribution in [3.63, 3.8) is 0 Å². The number of nitrogens with zero attached hydrogens (tertiary/aromatic N) is 1. The van der Waals surface area contributed by atoms with Crippen LogP contribution in [-0.2, 0) is 4.74 Å². The molecule has 0 fully saturated rings. The predicted octanol–water partition coefficient (Wildman–Crippen LogP) is 5.18. The van der Waals surface area contributed by atoms with Gasteiger partial charge in [0.15, 0.2) is 0 Å². The van der Waals surface area contributed by atoms with Gasteiger partial charge in [0.1, 0.15) is 10.8 Å². The van der Waals surface area contributed by atoms with Gasteiger partial charge in [-0.2, -0.15) is 0 Å². The Bertz CT molecular complexity index is 834. The molecule has 0 saturated carbocycles. The average molecular weight is 362 g/mol. The number of rotatable bonds is 4. The zero-order valence-corrected chi connectivity index (χ0v) is 15.4. The summed E-state index contributed by atoms with van der Waals surface area (Å²) in [4.78, 5) is 6.92. The second-order valence-corrected chi connectivity index (χ2v) is 7.34. The number of hydrogen-bond donors (Lipinski definition) is 0. The first-order chi connectivity index (χ1) is 11.1. The van der Waals surface area contributed by atoms with E-state index in [1.165, 1.54) is 4.88 Å². The molecule has 6 heteroatoms. The maximum absolute atomic E-state index is 5.30. The SMILES string of the molecule is COC(=S)c1sc(C)cc1-c1nc(-c2ccc(OC)cc2)cs1. The summed E-state index contributed by atoms with van der Waals surface area (Å²) in [5, 5.41) is 3.53. The maximum atomic E-state index is 5.30. The van der Waals surface area contributed by atoms with E-state index >= 15 is 0 Å². The van der Waals surface area contributed by atoms with Crippen LogP contribution in [0.5, 0.6) is 5.75 Å². The Morgan fingerprint density at radius 2 is 1.91 bits per heavy atom. The van der Waals surface area contributed by atoms with Crippen LogP contribution in [0.2, 0.25) is 0 Å². The molecule has 0 radical (unpaired) electrons. The molecule has 0 saturated heterocycles. The van der Waals surface area contributed by atoms with Gasteiger partial charge in [-0.3, -0.25) is 0 Å². The molecule has 3 aromatic rings. The summed E-state index contributed by atoms with van der Waals surface area (Å²) >= 11 is 8.55. The Balaban J connectivity index is 1.97. The molecule has 0 aliphatic heterocycles. The summed E-state index contributed by atoms with van der Waals surface area (Å²) in [6.07, 6.45) is 0. The molecule has 0 spiro atoms. The number of benzene rings is 1. The minimum absolute atomic E-state index is 0.513. The summed E-state index contributed by atoms with van der Waals surface area (Å²) in [5.41, 5.74) is 3.06. The number of methoxy groups -OCH3 is 2. The maximum Gasteiger partial charge on any atom is 0.201 e. The molecule has 0 amide bonds. The summed E-state index contributed by atoms with van der Waals surface area (Å²) in [7, 11) is 3.26. The molecule has 0 aliphatic carbocycles. The Kier molecular flexibility index (Phi) is 4.75. The first kappa shape index (κ1) is 16.1. The lowest BCUT2D eigenvalue weighted by Gasteiger charge is -2.02. The van der Waals surface area contributed by atoms with Crippen LogP contribution in [-0.4, -0.2) is 24.3 Å². The molecule has 0 atom stereocenters. The Hall–Kier alpha value is -1.76. The minimum atomic E-state index is 0.513. The van der Waals surface area contributed by atoms with E-state index in [0.29, 0.717) is 5.05 Å². The van der Waals surface area contributed by atoms with Crippen molar-refractivity contribution in [3.05, 3.63) is 45.5 Å². The predicted molar refractivity (Wildman–Crippen MR) is 101 cm³/mol. The highest BCUT2D eigenvalue weighted by molar-refractivity contribution is 7.80. The summed E-state index contributed by atoms with van der Waals surface area (Å²) in [5.74, 6) is 0.838. The van der Waals surface area contributed by atoms with Gasteiger partial charge in [-0.25, -0.2) is 4.98 Å². The Morgan fingerprint density at radius 1 is 1.17 bits per heavy atom. The fourth-order valence-electron chi connectivity index (χ4n) is 2.21. The monoisotopic (exact) mass is 361 g/mol. The van der Waals surface area contributed by atoms with Gasteiger partial charge in [-0.15, -0.1) is 22.7 Å². The fraction of sp³-hybridized carbons (Fsp3) is 0.176. The molecule has 0 bridgehead atoms. The van der Waals surface area contributed by atoms with E-state index in [2.05, 4.69) is 18.4 Å². The van der Waals surface area contributed by atoms with E-state index in [4.69, 9.17) is 26.7 Å². The number of aryl methyl sites for hydroxylation is 1. The van der Waals surface area contributed by atoms with Gasteiger partial charge in [-0.05, 0) is 49.5 Å². The van der Waals surface area contributed by atoms with Gasteiger partial charge in [0.2, 0.25) is 5.05 Å². The quantitative estimate of drug-likeness (QED) is 0.599. The zero-order chi connectivity index (χ0) is 16.4. The average Bonchev–Trinajstić information content (AvgIpc) is 3.20. The van der Waals surface area contributed by atoms with Gasteiger partial charge in [0.05, 0.1) is 24.8 Å². The first-order valence-electron chi connectivity index (χ1n) is 6.91. The van der Waals surface area contributed by atoms with Gasteiger partial charge in [0.25, 0.3) is 0 Å². The van der Waals surface area contributed by atoms with Gasteiger partial charge < -0.3 is 9.47 Å². The molecule has 0 aliphatic rings. The van der Waals surface area contributed by atoms with E-state index in [-0.39, 0.29) is 0 Å². The van der Waals surface area contributed by atoms with Crippen molar-refractivity contribution in [1.29, 1.82) is 0 Å². The third-order valence-electron chi connectivity index (χ3n) is 3.35. The highest BCUT2D eigenvalue weighted by Crippen LogP contribution is 2.36. The lowest BCUT2D eigenvalue weighted by atomic mass is 10.1. The van der Waals surface area contributed by atoms with Gasteiger partial charge in [-0.1, -0.05) is 0 Å². The number of hydrogen-bond acceptors (Lipinski definition) is 6. The lowest BCUT2D eigenvalue weighted by Crippen LogP contribution is -1.97. The number of thiophene rings is 1. The summed E-state index contributed by atoms with van der Waals surface area (Å²) in [6, 6.07) is 10.0. The van der Waals surface area contributed by atoms with Crippen LogP contribution in [0.1, 0.15) is 9.75 Å². The standard InChI is InChI=1S/C17H15NO2S3/c1-10-8-13(15(23-10)17(21)20-3)16-18-14(9-22-16)11-4-6-12(19-2)7-5-11/h4-9H,1-3H3. The Morgan fingerprint density at radius 3 is 2.57 bits per heavy atom. The molecule has 3 rings (SSSR count). The van der Waals surface area contributed by atoms with Crippen molar-refractivity contribution < 1.29 is 9.47 Å². The van der Waals surface area contributed by atoms with Crippen LogP contribution in [0.25, 0.3) is 21.8 Å². The summed E-state index contributed by atoms with van der Waals surface area (Å²) in [6.45, 7) is 2.06. The van der Waals surface area contributed by atoms with Crippen molar-refractivity contribution in [3.8, 4) is 27.6 Å². The van der Waals surface area contributed by atoms with Crippen molar-refractivity contribution in [2.75, 3.05) is 14.2 Å². The number of aromatic nitrogens is 1. The molecule has 0 N–H and O–H groups in total. The molecular weight excluding hydrogens is 346 g/mol. The molecule has 2 heterocycles. The van der Waals surface area contributed by atoms with Crippen LogP contribution in [0, 0.1) is 6.92 Å². The normalized spacial score (nSPS) is 10.6. The largest absolute Gasteiger partial charge is 0.497 e. The third kappa shape index (κ3) is 3.29. The topological polar surface area (TPSA) is 31.4 Å². The smallest absolute Gasteiger partial charge is 0.201 e. The van der Waals surface area contributed by atoms with Gasteiger partial charge >= 0.3 is 0 Å². The summed E-state index contributed by atoms with van der Waals surface area (Å²) < 4.78 is 10.4. The van der Waals surface area contributed by atoms with Gasteiger partial charge in [0, 0.05) is 21.4 Å².